The zero-order valence-corrected chi connectivity index (χ0v) is 22.8. The maximum atomic E-state index is 15.7. The van der Waals surface area contributed by atoms with Gasteiger partial charge in [-0.3, -0.25) is 9.59 Å². The number of hydrogen-bond donors (Lipinski definition) is 5. The normalized spacial score (nSPS) is 25.4. The summed E-state index contributed by atoms with van der Waals surface area (Å²) in [5.41, 5.74) is -1.31. The minimum atomic E-state index is -1.58. The molecule has 5 atom stereocenters. The van der Waals surface area contributed by atoms with Crippen molar-refractivity contribution in [3.05, 3.63) is 63.1 Å². The minimum Gasteiger partial charge on any atom is -0.394 e. The third-order valence-corrected chi connectivity index (χ3v) is 7.87. The highest BCUT2D eigenvalue weighted by atomic mass is 35.5. The molecule has 2 aliphatic heterocycles. The zero-order valence-electron chi connectivity index (χ0n) is 21.2. The standard InChI is InChI=1S/C27H31Cl2F2N3O4/c1-26(2,3)11-20-27(15-9-18(30)17(29)10-19(15)33-25(27)38)21(14-5-4-6-16(28)22(14)31)23(34-20)24(37)32-8-7-13(36)12-35/h4-6,9-10,13,20-21,23,34-36H,7-8,11-12H2,1-3H3,(H,32,37)(H,33,38)/t13-,20+,21+,23+,27-/m0/s1. The van der Waals surface area contributed by atoms with Crippen LogP contribution in [0.2, 0.25) is 10.0 Å². The molecule has 0 aromatic heterocycles. The topological polar surface area (TPSA) is 111 Å². The Hall–Kier alpha value is -2.30. The number of aliphatic hydroxyl groups is 2. The molecule has 0 radical (unpaired) electrons. The molecule has 2 heterocycles. The number of rotatable bonds is 7. The number of carbonyl (C=O) groups is 2. The van der Waals surface area contributed by atoms with Crippen molar-refractivity contribution in [3.8, 4) is 0 Å². The lowest BCUT2D eigenvalue weighted by molar-refractivity contribution is -0.124. The van der Waals surface area contributed by atoms with Crippen molar-refractivity contribution < 1.29 is 28.6 Å². The maximum absolute atomic E-state index is 15.7. The van der Waals surface area contributed by atoms with E-state index in [0.29, 0.717) is 12.1 Å². The van der Waals surface area contributed by atoms with Crippen LogP contribution in [0.15, 0.2) is 30.3 Å². The second-order valence-electron chi connectivity index (χ2n) is 11.1. The molecule has 2 aromatic rings. The molecule has 2 amide bonds. The first-order valence-corrected chi connectivity index (χ1v) is 13.1. The van der Waals surface area contributed by atoms with E-state index in [1.54, 1.807) is 0 Å². The number of halogens is 4. The van der Waals surface area contributed by atoms with E-state index >= 15 is 4.39 Å². The SMILES string of the molecule is CC(C)(C)C[C@H]1N[C@@H](C(=O)NCC[C@H](O)CO)[C@@H](c2cccc(Cl)c2F)[C@@]12C(=O)Nc1cc(Cl)c(F)cc12. The highest BCUT2D eigenvalue weighted by Gasteiger charge is 2.66. The zero-order chi connectivity index (χ0) is 28.0. The fourth-order valence-electron chi connectivity index (χ4n) is 5.73. The first kappa shape index (κ1) is 28.7. The summed E-state index contributed by atoms with van der Waals surface area (Å²) in [5.74, 6) is -3.68. The molecule has 0 bridgehead atoms. The predicted octanol–water partition coefficient (Wildman–Crippen LogP) is 3.88. The monoisotopic (exact) mass is 569 g/mol. The van der Waals surface area contributed by atoms with Crippen molar-refractivity contribution >= 4 is 40.7 Å². The van der Waals surface area contributed by atoms with Crippen molar-refractivity contribution in [2.24, 2.45) is 5.41 Å². The molecular weight excluding hydrogens is 539 g/mol. The number of amides is 2. The maximum Gasteiger partial charge on any atom is 0.237 e. The van der Waals surface area contributed by atoms with Gasteiger partial charge in [-0.05, 0) is 47.6 Å². The Bertz CT molecular complexity index is 1260. The van der Waals surface area contributed by atoms with Crippen LogP contribution in [0, 0.1) is 17.0 Å². The number of anilines is 1. The van der Waals surface area contributed by atoms with Crippen molar-refractivity contribution in [1.82, 2.24) is 10.6 Å². The molecule has 7 nitrogen and oxygen atoms in total. The molecule has 2 aromatic carbocycles. The predicted molar refractivity (Wildman–Crippen MR) is 141 cm³/mol. The van der Waals surface area contributed by atoms with Crippen LogP contribution in [0.4, 0.5) is 14.5 Å². The first-order valence-electron chi connectivity index (χ1n) is 12.4. The highest BCUT2D eigenvalue weighted by Crippen LogP contribution is 2.57. The summed E-state index contributed by atoms with van der Waals surface area (Å²) in [6.07, 6.45) is -0.543. The van der Waals surface area contributed by atoms with E-state index < -0.39 is 59.6 Å². The van der Waals surface area contributed by atoms with E-state index in [9.17, 15) is 19.1 Å². The number of hydrogen-bond acceptors (Lipinski definition) is 5. The molecule has 38 heavy (non-hydrogen) atoms. The van der Waals surface area contributed by atoms with Gasteiger partial charge in [-0.25, -0.2) is 8.78 Å². The summed E-state index contributed by atoms with van der Waals surface area (Å²) >= 11 is 12.2. The van der Waals surface area contributed by atoms with Gasteiger partial charge in [0.1, 0.15) is 17.0 Å². The Balaban J connectivity index is 1.92. The van der Waals surface area contributed by atoms with E-state index in [2.05, 4.69) is 16.0 Å². The average Bonchev–Trinajstić information content (AvgIpc) is 3.30. The second-order valence-corrected chi connectivity index (χ2v) is 11.9. The van der Waals surface area contributed by atoms with Gasteiger partial charge in [0.25, 0.3) is 0 Å². The smallest absolute Gasteiger partial charge is 0.237 e. The molecule has 11 heteroatoms. The molecule has 4 rings (SSSR count). The molecule has 5 N–H and O–H groups in total. The Morgan fingerprint density at radius 3 is 2.58 bits per heavy atom. The molecule has 1 fully saturated rings. The summed E-state index contributed by atoms with van der Waals surface area (Å²) in [6, 6.07) is 5.07. The summed E-state index contributed by atoms with van der Waals surface area (Å²) in [5, 5.41) is 27.2. The van der Waals surface area contributed by atoms with Gasteiger partial charge in [0.15, 0.2) is 0 Å². The van der Waals surface area contributed by atoms with Gasteiger partial charge >= 0.3 is 0 Å². The first-order chi connectivity index (χ1) is 17.8. The number of fused-ring (bicyclic) bond motifs is 2. The van der Waals surface area contributed by atoms with Crippen molar-refractivity contribution in [3.63, 3.8) is 0 Å². The summed E-state index contributed by atoms with van der Waals surface area (Å²) in [6.45, 7) is 5.48. The van der Waals surface area contributed by atoms with E-state index in [0.717, 1.165) is 0 Å². The molecule has 206 valence electrons. The summed E-state index contributed by atoms with van der Waals surface area (Å²) in [4.78, 5) is 27.6. The Morgan fingerprint density at radius 2 is 1.92 bits per heavy atom. The highest BCUT2D eigenvalue weighted by molar-refractivity contribution is 6.31. The van der Waals surface area contributed by atoms with Crippen molar-refractivity contribution in [2.45, 2.75) is 63.1 Å². The van der Waals surface area contributed by atoms with Gasteiger partial charge in [0, 0.05) is 24.2 Å². The van der Waals surface area contributed by atoms with Crippen LogP contribution in [0.5, 0.6) is 0 Å². The Morgan fingerprint density at radius 1 is 1.21 bits per heavy atom. The van der Waals surface area contributed by atoms with Crippen LogP contribution in [0.1, 0.15) is 50.7 Å². The van der Waals surface area contributed by atoms with E-state index in [-0.39, 0.29) is 39.6 Å². The van der Waals surface area contributed by atoms with Crippen molar-refractivity contribution in [1.29, 1.82) is 0 Å². The summed E-state index contributed by atoms with van der Waals surface area (Å²) in [7, 11) is 0. The molecule has 0 aliphatic carbocycles. The molecule has 1 saturated heterocycles. The molecule has 0 saturated carbocycles. The fourth-order valence-corrected chi connectivity index (χ4v) is 6.07. The molecule has 0 unspecified atom stereocenters. The summed E-state index contributed by atoms with van der Waals surface area (Å²) < 4.78 is 30.6. The Labute approximate surface area is 229 Å². The fraction of sp³-hybridized carbons (Fsp3) is 0.481. The van der Waals surface area contributed by atoms with Crippen LogP contribution >= 0.6 is 23.2 Å². The quantitative estimate of drug-likeness (QED) is 0.347. The number of nitrogens with one attached hydrogen (secondary N) is 3. The van der Waals surface area contributed by atoms with Gasteiger partial charge in [-0.15, -0.1) is 0 Å². The lowest BCUT2D eigenvalue weighted by Gasteiger charge is -2.37. The largest absolute Gasteiger partial charge is 0.394 e. The molecule has 2 aliphatic rings. The average molecular weight is 570 g/mol. The van der Waals surface area contributed by atoms with E-state index in [1.807, 2.05) is 20.8 Å². The van der Waals surface area contributed by atoms with E-state index in [4.69, 9.17) is 28.3 Å². The molecule has 1 spiro atoms. The third kappa shape index (κ3) is 5.02. The number of carbonyl (C=O) groups excluding carboxylic acids is 2. The van der Waals surface area contributed by atoms with Crippen LogP contribution in [0.3, 0.4) is 0 Å². The lowest BCUT2D eigenvalue weighted by atomic mass is 9.62. The lowest BCUT2D eigenvalue weighted by Crippen LogP contribution is -2.49. The minimum absolute atomic E-state index is 0.0352. The van der Waals surface area contributed by atoms with Crippen molar-refractivity contribution in [2.75, 3.05) is 18.5 Å². The van der Waals surface area contributed by atoms with Gasteiger partial charge in [-0.1, -0.05) is 56.1 Å². The third-order valence-electron chi connectivity index (χ3n) is 7.29. The van der Waals surface area contributed by atoms with Crippen LogP contribution in [-0.2, 0) is 15.0 Å². The van der Waals surface area contributed by atoms with Gasteiger partial charge in [0.05, 0.1) is 28.8 Å². The van der Waals surface area contributed by atoms with Crippen LogP contribution in [0.25, 0.3) is 0 Å². The van der Waals surface area contributed by atoms with Gasteiger partial charge < -0.3 is 26.2 Å². The second kappa shape index (κ2) is 10.7. The van der Waals surface area contributed by atoms with Crippen LogP contribution in [-0.4, -0.2) is 53.4 Å². The van der Waals surface area contributed by atoms with Crippen LogP contribution < -0.4 is 16.0 Å². The number of benzene rings is 2. The Kier molecular flexibility index (Phi) is 8.08. The van der Waals surface area contributed by atoms with Gasteiger partial charge in [0.2, 0.25) is 11.8 Å². The number of aliphatic hydroxyl groups excluding tert-OH is 2. The molecular formula is C27H31Cl2F2N3O4. The van der Waals surface area contributed by atoms with E-state index in [1.165, 1.54) is 30.3 Å². The van der Waals surface area contributed by atoms with Gasteiger partial charge in [-0.2, -0.15) is 0 Å².